The highest BCUT2D eigenvalue weighted by atomic mass is 15.0. The van der Waals surface area contributed by atoms with Gasteiger partial charge in [-0.3, -0.25) is 0 Å². The lowest BCUT2D eigenvalue weighted by atomic mass is 10.0. The lowest BCUT2D eigenvalue weighted by Gasteiger charge is -2.16. The molecule has 2 rings (SSSR count). The van der Waals surface area contributed by atoms with Gasteiger partial charge in [0.25, 0.3) is 0 Å². The summed E-state index contributed by atoms with van der Waals surface area (Å²) in [7, 11) is 0. The van der Waals surface area contributed by atoms with Crippen LogP contribution in [0.1, 0.15) is 36.8 Å². The zero-order chi connectivity index (χ0) is 13.5. The van der Waals surface area contributed by atoms with Gasteiger partial charge in [-0.25, -0.2) is 9.97 Å². The molecule has 3 nitrogen and oxygen atoms in total. The molecule has 0 amide bonds. The van der Waals surface area contributed by atoms with Gasteiger partial charge in [-0.2, -0.15) is 0 Å². The molecule has 0 saturated heterocycles. The fourth-order valence-electron chi connectivity index (χ4n) is 2.14. The second kappa shape index (κ2) is 7.00. The van der Waals surface area contributed by atoms with Gasteiger partial charge in [0.1, 0.15) is 5.82 Å². The number of nitrogens with zero attached hydrogens (tertiary/aromatic N) is 2. The molecule has 0 bridgehead atoms. The average molecular weight is 255 g/mol. The SMILES string of the molecule is CCNC(Cc1ccc(CC)cc1)c1ncccn1. The first-order valence-corrected chi connectivity index (χ1v) is 6.91. The first-order valence-electron chi connectivity index (χ1n) is 6.91. The van der Waals surface area contributed by atoms with E-state index < -0.39 is 0 Å². The molecule has 1 unspecified atom stereocenters. The Bertz CT molecular complexity index is 479. The predicted molar refractivity (Wildman–Crippen MR) is 78.0 cm³/mol. The van der Waals surface area contributed by atoms with E-state index in [0.29, 0.717) is 0 Å². The number of hydrogen-bond donors (Lipinski definition) is 1. The fraction of sp³-hybridized carbons (Fsp3) is 0.375. The number of likely N-dealkylation sites (N-methyl/N-ethyl adjacent to an activating group) is 1. The van der Waals surface area contributed by atoms with Crippen LogP contribution < -0.4 is 5.32 Å². The van der Waals surface area contributed by atoms with Crippen LogP contribution in [0.15, 0.2) is 42.7 Å². The van der Waals surface area contributed by atoms with Crippen molar-refractivity contribution in [2.45, 2.75) is 32.7 Å². The highest BCUT2D eigenvalue weighted by Crippen LogP contribution is 2.15. The molecule has 0 aliphatic heterocycles. The predicted octanol–water partition coefficient (Wildman–Crippen LogP) is 2.93. The molecule has 3 heteroatoms. The smallest absolute Gasteiger partial charge is 0.145 e. The molecule has 1 N–H and O–H groups in total. The van der Waals surface area contributed by atoms with E-state index in [0.717, 1.165) is 25.2 Å². The van der Waals surface area contributed by atoms with E-state index in [4.69, 9.17) is 0 Å². The van der Waals surface area contributed by atoms with Crippen molar-refractivity contribution in [3.63, 3.8) is 0 Å². The largest absolute Gasteiger partial charge is 0.307 e. The van der Waals surface area contributed by atoms with E-state index in [1.54, 1.807) is 12.4 Å². The van der Waals surface area contributed by atoms with Gasteiger partial charge in [0.05, 0.1) is 6.04 Å². The molecule has 0 saturated carbocycles. The van der Waals surface area contributed by atoms with Gasteiger partial charge in [0.2, 0.25) is 0 Å². The monoisotopic (exact) mass is 255 g/mol. The Kier molecular flexibility index (Phi) is 5.04. The van der Waals surface area contributed by atoms with E-state index in [2.05, 4.69) is 53.4 Å². The molecule has 2 aromatic rings. The minimum absolute atomic E-state index is 0.179. The second-order valence-corrected chi connectivity index (χ2v) is 4.59. The van der Waals surface area contributed by atoms with Gasteiger partial charge < -0.3 is 5.32 Å². The first-order chi connectivity index (χ1) is 9.33. The van der Waals surface area contributed by atoms with Crippen LogP contribution in [0.2, 0.25) is 0 Å². The van der Waals surface area contributed by atoms with Crippen molar-refractivity contribution in [3.8, 4) is 0 Å². The molecule has 0 fully saturated rings. The van der Waals surface area contributed by atoms with Crippen molar-refractivity contribution in [1.29, 1.82) is 0 Å². The lowest BCUT2D eigenvalue weighted by Crippen LogP contribution is -2.24. The van der Waals surface area contributed by atoms with Crippen LogP contribution in [0.4, 0.5) is 0 Å². The summed E-state index contributed by atoms with van der Waals surface area (Å²) in [6.07, 6.45) is 5.60. The summed E-state index contributed by atoms with van der Waals surface area (Å²) in [4.78, 5) is 8.71. The number of nitrogens with one attached hydrogen (secondary N) is 1. The molecule has 1 aromatic carbocycles. The van der Waals surface area contributed by atoms with Crippen molar-refractivity contribution in [2.24, 2.45) is 0 Å². The van der Waals surface area contributed by atoms with Crippen molar-refractivity contribution in [3.05, 3.63) is 59.7 Å². The van der Waals surface area contributed by atoms with Crippen molar-refractivity contribution >= 4 is 0 Å². The van der Waals surface area contributed by atoms with Crippen LogP contribution in [0.3, 0.4) is 0 Å². The van der Waals surface area contributed by atoms with Crippen molar-refractivity contribution in [1.82, 2.24) is 15.3 Å². The Hall–Kier alpha value is -1.74. The topological polar surface area (TPSA) is 37.8 Å². The fourth-order valence-corrected chi connectivity index (χ4v) is 2.14. The van der Waals surface area contributed by atoms with Gasteiger partial charge >= 0.3 is 0 Å². The van der Waals surface area contributed by atoms with E-state index in [9.17, 15) is 0 Å². The number of aromatic nitrogens is 2. The van der Waals surface area contributed by atoms with Gasteiger partial charge in [-0.15, -0.1) is 0 Å². The summed E-state index contributed by atoms with van der Waals surface area (Å²) in [5.74, 6) is 0.865. The molecule has 0 aliphatic rings. The van der Waals surface area contributed by atoms with Crippen molar-refractivity contribution < 1.29 is 0 Å². The first kappa shape index (κ1) is 13.7. The van der Waals surface area contributed by atoms with Crippen molar-refractivity contribution in [2.75, 3.05) is 6.54 Å². The Balaban J connectivity index is 2.11. The minimum Gasteiger partial charge on any atom is -0.307 e. The maximum absolute atomic E-state index is 4.35. The molecule has 0 radical (unpaired) electrons. The summed E-state index contributed by atoms with van der Waals surface area (Å²) in [5, 5.41) is 3.45. The molecule has 0 aliphatic carbocycles. The van der Waals surface area contributed by atoms with Gasteiger partial charge in [0, 0.05) is 12.4 Å². The Morgan fingerprint density at radius 3 is 2.21 bits per heavy atom. The number of benzene rings is 1. The zero-order valence-electron chi connectivity index (χ0n) is 11.6. The highest BCUT2D eigenvalue weighted by Gasteiger charge is 2.13. The number of rotatable bonds is 6. The Morgan fingerprint density at radius 1 is 1.00 bits per heavy atom. The molecule has 1 heterocycles. The van der Waals surface area contributed by atoms with E-state index >= 15 is 0 Å². The van der Waals surface area contributed by atoms with E-state index in [-0.39, 0.29) is 6.04 Å². The summed E-state index contributed by atoms with van der Waals surface area (Å²) in [5.41, 5.74) is 2.69. The van der Waals surface area contributed by atoms with E-state index in [1.165, 1.54) is 11.1 Å². The summed E-state index contributed by atoms with van der Waals surface area (Å²) < 4.78 is 0. The summed E-state index contributed by atoms with van der Waals surface area (Å²) in [6.45, 7) is 5.19. The third kappa shape index (κ3) is 3.86. The molecular weight excluding hydrogens is 234 g/mol. The molecule has 1 aromatic heterocycles. The lowest BCUT2D eigenvalue weighted by molar-refractivity contribution is 0.521. The summed E-state index contributed by atoms with van der Waals surface area (Å²) >= 11 is 0. The molecule has 0 spiro atoms. The van der Waals surface area contributed by atoms with Gasteiger partial charge in [-0.05, 0) is 36.6 Å². The van der Waals surface area contributed by atoms with Crippen LogP contribution in [0.5, 0.6) is 0 Å². The maximum atomic E-state index is 4.35. The standard InChI is InChI=1S/C16H21N3/c1-3-13-6-8-14(9-7-13)12-15(17-4-2)16-18-10-5-11-19-16/h5-11,15,17H,3-4,12H2,1-2H3. The number of hydrogen-bond acceptors (Lipinski definition) is 3. The summed E-state index contributed by atoms with van der Waals surface area (Å²) in [6, 6.07) is 10.8. The quantitative estimate of drug-likeness (QED) is 0.862. The van der Waals surface area contributed by atoms with Crippen LogP contribution >= 0.6 is 0 Å². The van der Waals surface area contributed by atoms with Crippen LogP contribution in [-0.4, -0.2) is 16.5 Å². The molecular formula is C16H21N3. The molecule has 100 valence electrons. The molecule has 19 heavy (non-hydrogen) atoms. The third-order valence-electron chi connectivity index (χ3n) is 3.22. The van der Waals surface area contributed by atoms with Gasteiger partial charge in [0.15, 0.2) is 0 Å². The highest BCUT2D eigenvalue weighted by molar-refractivity contribution is 5.23. The van der Waals surface area contributed by atoms with Crippen LogP contribution in [0.25, 0.3) is 0 Å². The Morgan fingerprint density at radius 2 is 1.63 bits per heavy atom. The third-order valence-corrected chi connectivity index (χ3v) is 3.22. The zero-order valence-corrected chi connectivity index (χ0v) is 11.6. The maximum Gasteiger partial charge on any atom is 0.145 e. The van der Waals surface area contributed by atoms with E-state index in [1.807, 2.05) is 6.07 Å². The van der Waals surface area contributed by atoms with Crippen LogP contribution in [0, 0.1) is 0 Å². The molecule has 1 atom stereocenters. The average Bonchev–Trinajstić information content (AvgIpc) is 2.48. The van der Waals surface area contributed by atoms with Crippen LogP contribution in [-0.2, 0) is 12.8 Å². The normalized spacial score (nSPS) is 12.3. The number of aryl methyl sites for hydroxylation is 1. The minimum atomic E-state index is 0.179. The second-order valence-electron chi connectivity index (χ2n) is 4.59. The Labute approximate surface area is 115 Å². The van der Waals surface area contributed by atoms with Gasteiger partial charge in [-0.1, -0.05) is 38.1 Å².